The molecule has 1 atom stereocenters. The van der Waals surface area contributed by atoms with E-state index in [2.05, 4.69) is 11.3 Å². The highest BCUT2D eigenvalue weighted by Gasteiger charge is 2.07. The summed E-state index contributed by atoms with van der Waals surface area (Å²) in [5, 5.41) is 17.1. The SMILES string of the molecule is C.C=C(C)C(=O)OCC(O)CO. The Balaban J connectivity index is 0. The van der Waals surface area contributed by atoms with E-state index in [1.54, 1.807) is 0 Å². The maximum Gasteiger partial charge on any atom is 0.333 e. The molecule has 0 fully saturated rings. The van der Waals surface area contributed by atoms with Crippen molar-refractivity contribution in [3.05, 3.63) is 12.2 Å². The number of aliphatic hydroxyl groups excluding tert-OH is 2. The Bertz CT molecular complexity index is 153. The van der Waals surface area contributed by atoms with E-state index < -0.39 is 18.7 Å². The molecule has 0 radical (unpaired) electrons. The Morgan fingerprint density at radius 1 is 1.67 bits per heavy atom. The molecule has 0 rings (SSSR count). The molecule has 0 spiro atoms. The number of esters is 1. The van der Waals surface area contributed by atoms with E-state index in [-0.39, 0.29) is 19.6 Å². The first-order valence-electron chi connectivity index (χ1n) is 3.19. The van der Waals surface area contributed by atoms with Gasteiger partial charge in [0.15, 0.2) is 0 Å². The number of carbonyl (C=O) groups is 1. The fourth-order valence-electron chi connectivity index (χ4n) is 0.348. The molecule has 0 saturated heterocycles. The Hall–Kier alpha value is -0.870. The van der Waals surface area contributed by atoms with Crippen LogP contribution < -0.4 is 0 Å². The predicted octanol–water partition coefficient (Wildman–Crippen LogP) is 0.0950. The van der Waals surface area contributed by atoms with Gasteiger partial charge in [-0.1, -0.05) is 14.0 Å². The Labute approximate surface area is 72.5 Å². The molecule has 4 heteroatoms. The quantitative estimate of drug-likeness (QED) is 0.471. The van der Waals surface area contributed by atoms with Gasteiger partial charge in [-0.2, -0.15) is 0 Å². The van der Waals surface area contributed by atoms with Crippen LogP contribution in [0.4, 0.5) is 0 Å². The minimum atomic E-state index is -1.00. The molecule has 72 valence electrons. The van der Waals surface area contributed by atoms with Crippen molar-refractivity contribution >= 4 is 5.97 Å². The van der Waals surface area contributed by atoms with Crippen molar-refractivity contribution in [2.45, 2.75) is 20.5 Å². The van der Waals surface area contributed by atoms with E-state index in [0.29, 0.717) is 0 Å². The molecule has 0 aliphatic heterocycles. The van der Waals surface area contributed by atoms with Crippen molar-refractivity contribution in [1.29, 1.82) is 0 Å². The van der Waals surface area contributed by atoms with Crippen LogP contribution in [-0.2, 0) is 9.53 Å². The van der Waals surface area contributed by atoms with Crippen LogP contribution in [0.5, 0.6) is 0 Å². The normalized spacial score (nSPS) is 11.2. The van der Waals surface area contributed by atoms with E-state index in [1.807, 2.05) is 0 Å². The summed E-state index contributed by atoms with van der Waals surface area (Å²) < 4.78 is 4.51. The van der Waals surface area contributed by atoms with Crippen molar-refractivity contribution in [3.8, 4) is 0 Å². The molecule has 0 saturated carbocycles. The largest absolute Gasteiger partial charge is 0.460 e. The van der Waals surface area contributed by atoms with Gasteiger partial charge in [0.1, 0.15) is 12.7 Å². The number of rotatable bonds is 4. The van der Waals surface area contributed by atoms with E-state index >= 15 is 0 Å². The third-order valence-corrected chi connectivity index (χ3v) is 0.966. The number of aliphatic hydroxyl groups is 2. The molecule has 0 aromatic carbocycles. The van der Waals surface area contributed by atoms with E-state index in [4.69, 9.17) is 10.2 Å². The van der Waals surface area contributed by atoms with Gasteiger partial charge in [0.05, 0.1) is 6.61 Å². The van der Waals surface area contributed by atoms with Crippen LogP contribution in [0.1, 0.15) is 14.4 Å². The lowest BCUT2D eigenvalue weighted by molar-refractivity contribution is -0.142. The smallest absolute Gasteiger partial charge is 0.333 e. The molecule has 0 amide bonds. The number of carbonyl (C=O) groups excluding carboxylic acids is 1. The van der Waals surface area contributed by atoms with E-state index in [9.17, 15) is 4.79 Å². The molecule has 1 unspecified atom stereocenters. The van der Waals surface area contributed by atoms with E-state index in [1.165, 1.54) is 6.92 Å². The average Bonchev–Trinajstić information content (AvgIpc) is 1.99. The summed E-state index contributed by atoms with van der Waals surface area (Å²) in [5.41, 5.74) is 0.273. The minimum Gasteiger partial charge on any atom is -0.460 e. The highest BCUT2D eigenvalue weighted by atomic mass is 16.5. The highest BCUT2D eigenvalue weighted by Crippen LogP contribution is 1.93. The second-order valence-corrected chi connectivity index (χ2v) is 2.22. The molecule has 0 aliphatic rings. The summed E-state index contributed by atoms with van der Waals surface area (Å²) in [6.07, 6.45) is -1.00. The Morgan fingerprint density at radius 2 is 2.17 bits per heavy atom. The van der Waals surface area contributed by atoms with Gasteiger partial charge in [0, 0.05) is 5.57 Å². The van der Waals surface area contributed by atoms with Gasteiger partial charge >= 0.3 is 5.97 Å². The lowest BCUT2D eigenvalue weighted by Gasteiger charge is -2.07. The first-order valence-corrected chi connectivity index (χ1v) is 3.19. The van der Waals surface area contributed by atoms with Gasteiger partial charge in [0.25, 0.3) is 0 Å². The maximum absolute atomic E-state index is 10.6. The fraction of sp³-hybridized carbons (Fsp3) is 0.625. The van der Waals surface area contributed by atoms with Crippen LogP contribution in [0.15, 0.2) is 12.2 Å². The van der Waals surface area contributed by atoms with Crippen molar-refractivity contribution in [2.24, 2.45) is 0 Å². The van der Waals surface area contributed by atoms with Crippen molar-refractivity contribution in [2.75, 3.05) is 13.2 Å². The maximum atomic E-state index is 10.6. The van der Waals surface area contributed by atoms with Gasteiger partial charge in [-0.05, 0) is 6.92 Å². The third-order valence-electron chi connectivity index (χ3n) is 0.966. The monoisotopic (exact) mass is 176 g/mol. The summed E-state index contributed by atoms with van der Waals surface area (Å²) in [5.74, 6) is -0.558. The standard InChI is InChI=1S/C7H12O4.CH4/c1-5(2)7(10)11-4-6(9)3-8;/h6,8-9H,1,3-4H2,2H3;1H4. The summed E-state index contributed by atoms with van der Waals surface area (Å²) in [6, 6.07) is 0. The molecule has 0 bridgehead atoms. The Morgan fingerprint density at radius 3 is 2.50 bits per heavy atom. The van der Waals surface area contributed by atoms with Crippen LogP contribution in [-0.4, -0.2) is 35.5 Å². The second kappa shape index (κ2) is 6.82. The molecule has 0 aromatic rings. The molecule has 2 N–H and O–H groups in total. The summed E-state index contributed by atoms with van der Waals surface area (Å²) in [6.45, 7) is 4.24. The number of hydrogen-bond acceptors (Lipinski definition) is 4. The fourth-order valence-corrected chi connectivity index (χ4v) is 0.348. The van der Waals surface area contributed by atoms with Crippen molar-refractivity contribution in [1.82, 2.24) is 0 Å². The zero-order valence-electron chi connectivity index (χ0n) is 6.41. The van der Waals surface area contributed by atoms with Gasteiger partial charge in [-0.25, -0.2) is 4.79 Å². The topological polar surface area (TPSA) is 66.8 Å². The summed E-state index contributed by atoms with van der Waals surface area (Å²) in [7, 11) is 0. The molecule has 0 heterocycles. The number of ether oxygens (including phenoxy) is 1. The molecule has 4 nitrogen and oxygen atoms in total. The average molecular weight is 176 g/mol. The second-order valence-electron chi connectivity index (χ2n) is 2.22. The van der Waals surface area contributed by atoms with E-state index in [0.717, 1.165) is 0 Å². The number of hydrogen-bond donors (Lipinski definition) is 2. The third kappa shape index (κ3) is 5.88. The zero-order valence-corrected chi connectivity index (χ0v) is 6.41. The first-order chi connectivity index (χ1) is 5.07. The predicted molar refractivity (Wildman–Crippen MR) is 45.6 cm³/mol. The molecule has 0 aromatic heterocycles. The lowest BCUT2D eigenvalue weighted by atomic mass is 10.3. The Kier molecular flexibility index (Phi) is 7.78. The van der Waals surface area contributed by atoms with Gasteiger partial charge in [0.2, 0.25) is 0 Å². The minimum absolute atomic E-state index is 0. The van der Waals surface area contributed by atoms with Crippen molar-refractivity contribution in [3.63, 3.8) is 0 Å². The summed E-state index contributed by atoms with van der Waals surface area (Å²) in [4.78, 5) is 10.6. The van der Waals surface area contributed by atoms with Gasteiger partial charge in [-0.15, -0.1) is 0 Å². The van der Waals surface area contributed by atoms with Crippen molar-refractivity contribution < 1.29 is 19.7 Å². The highest BCUT2D eigenvalue weighted by molar-refractivity contribution is 5.86. The molecular weight excluding hydrogens is 160 g/mol. The molecular formula is C8H16O4. The zero-order chi connectivity index (χ0) is 8.85. The van der Waals surface area contributed by atoms with Gasteiger partial charge in [-0.3, -0.25) is 0 Å². The summed E-state index contributed by atoms with van der Waals surface area (Å²) >= 11 is 0. The van der Waals surface area contributed by atoms with Crippen LogP contribution in [0, 0.1) is 0 Å². The molecule has 0 aliphatic carbocycles. The van der Waals surface area contributed by atoms with Gasteiger partial charge < -0.3 is 14.9 Å². The van der Waals surface area contributed by atoms with Crippen LogP contribution in [0.3, 0.4) is 0 Å². The van der Waals surface area contributed by atoms with Crippen LogP contribution >= 0.6 is 0 Å². The van der Waals surface area contributed by atoms with Crippen LogP contribution in [0.2, 0.25) is 0 Å². The van der Waals surface area contributed by atoms with Crippen LogP contribution in [0.25, 0.3) is 0 Å². The molecule has 12 heavy (non-hydrogen) atoms. The lowest BCUT2D eigenvalue weighted by Crippen LogP contribution is -2.22. The first kappa shape index (κ1) is 13.7.